The van der Waals surface area contributed by atoms with Gasteiger partial charge in [0.25, 0.3) is 0 Å². The maximum absolute atomic E-state index is 12.9. The van der Waals surface area contributed by atoms with E-state index in [0.717, 1.165) is 16.4 Å². The van der Waals surface area contributed by atoms with Gasteiger partial charge in [0, 0.05) is 37.1 Å². The van der Waals surface area contributed by atoms with Gasteiger partial charge in [-0.15, -0.1) is 11.3 Å². The van der Waals surface area contributed by atoms with Gasteiger partial charge < -0.3 is 9.64 Å². The molecule has 1 aliphatic heterocycles. The highest BCUT2D eigenvalue weighted by atomic mass is 32.2. The van der Waals surface area contributed by atoms with Crippen LogP contribution >= 0.6 is 11.3 Å². The van der Waals surface area contributed by atoms with Crippen molar-refractivity contribution in [2.75, 3.05) is 38.2 Å². The van der Waals surface area contributed by atoms with Gasteiger partial charge >= 0.3 is 0 Å². The fourth-order valence-corrected chi connectivity index (χ4v) is 5.67. The zero-order valence-electron chi connectivity index (χ0n) is 16.4. The first-order valence-electron chi connectivity index (χ1n) is 9.39. The smallest absolute Gasteiger partial charge is 0.243 e. The molecule has 0 amide bonds. The molecule has 1 aliphatic rings. The van der Waals surface area contributed by atoms with Gasteiger partial charge in [-0.2, -0.15) is 4.31 Å². The molecule has 0 spiro atoms. The molecule has 0 N–H and O–H groups in total. The van der Waals surface area contributed by atoms with Gasteiger partial charge in [0.15, 0.2) is 5.13 Å². The number of anilines is 1. The summed E-state index contributed by atoms with van der Waals surface area (Å²) in [5, 5.41) is 2.99. The van der Waals surface area contributed by atoms with E-state index in [0.29, 0.717) is 36.8 Å². The number of thiazole rings is 1. The predicted octanol–water partition coefficient (Wildman–Crippen LogP) is 3.64. The highest BCUT2D eigenvalue weighted by molar-refractivity contribution is 7.89. The lowest BCUT2D eigenvalue weighted by atomic mass is 10.1. The quantitative estimate of drug-likeness (QED) is 0.620. The summed E-state index contributed by atoms with van der Waals surface area (Å²) in [6.45, 7) is 4.19. The van der Waals surface area contributed by atoms with Gasteiger partial charge in [-0.25, -0.2) is 13.4 Å². The monoisotopic (exact) mass is 429 g/mol. The van der Waals surface area contributed by atoms with Crippen LogP contribution in [0.3, 0.4) is 0 Å². The molecule has 0 bridgehead atoms. The molecule has 1 aromatic heterocycles. The van der Waals surface area contributed by atoms with Crippen molar-refractivity contribution in [2.24, 2.45) is 0 Å². The SMILES string of the molecule is COc1ccc(S(=O)(=O)N2CCN(c3nc(-c4cccc(C)c4)cs3)CC2)cc1. The number of aromatic nitrogens is 1. The van der Waals surface area contributed by atoms with Crippen molar-refractivity contribution in [2.45, 2.75) is 11.8 Å². The van der Waals surface area contributed by atoms with Crippen LogP contribution < -0.4 is 9.64 Å². The van der Waals surface area contributed by atoms with Crippen LogP contribution in [0.25, 0.3) is 11.3 Å². The summed E-state index contributed by atoms with van der Waals surface area (Å²) in [7, 11) is -1.94. The first-order valence-corrected chi connectivity index (χ1v) is 11.7. The third-order valence-corrected chi connectivity index (χ3v) is 7.83. The normalized spacial score (nSPS) is 15.4. The molecule has 1 saturated heterocycles. The summed E-state index contributed by atoms with van der Waals surface area (Å²) in [6.07, 6.45) is 0. The Bertz CT molecular complexity index is 1090. The molecule has 4 rings (SSSR count). The summed E-state index contributed by atoms with van der Waals surface area (Å²) in [5.41, 5.74) is 3.27. The lowest BCUT2D eigenvalue weighted by Gasteiger charge is -2.33. The standard InChI is InChI=1S/C21H23N3O3S2/c1-16-4-3-5-17(14-16)20-15-28-21(22-20)23-10-12-24(13-11-23)29(25,26)19-8-6-18(27-2)7-9-19/h3-9,14-15H,10-13H2,1-2H3. The number of hydrogen-bond acceptors (Lipinski definition) is 6. The molecule has 0 saturated carbocycles. The number of sulfonamides is 1. The van der Waals surface area contributed by atoms with E-state index in [1.165, 1.54) is 5.56 Å². The van der Waals surface area contributed by atoms with Crippen LogP contribution in [0.15, 0.2) is 58.8 Å². The summed E-state index contributed by atoms with van der Waals surface area (Å²) >= 11 is 1.60. The first-order chi connectivity index (χ1) is 14.0. The van der Waals surface area contributed by atoms with Crippen LogP contribution in [0.2, 0.25) is 0 Å². The minimum atomic E-state index is -3.50. The van der Waals surface area contributed by atoms with E-state index < -0.39 is 10.0 Å². The van der Waals surface area contributed by atoms with Crippen molar-refractivity contribution in [3.05, 3.63) is 59.5 Å². The number of methoxy groups -OCH3 is 1. The third-order valence-electron chi connectivity index (χ3n) is 5.01. The fourth-order valence-electron chi connectivity index (χ4n) is 3.36. The van der Waals surface area contributed by atoms with Crippen LogP contribution in [0.4, 0.5) is 5.13 Å². The van der Waals surface area contributed by atoms with E-state index in [1.54, 1.807) is 47.0 Å². The summed E-state index contributed by atoms with van der Waals surface area (Å²) in [5.74, 6) is 0.641. The van der Waals surface area contributed by atoms with Gasteiger partial charge in [-0.3, -0.25) is 0 Å². The van der Waals surface area contributed by atoms with Crippen LogP contribution in [-0.2, 0) is 10.0 Å². The number of piperazine rings is 1. The highest BCUT2D eigenvalue weighted by Crippen LogP contribution is 2.29. The van der Waals surface area contributed by atoms with Crippen LogP contribution in [0.5, 0.6) is 5.75 Å². The van der Waals surface area contributed by atoms with Crippen molar-refractivity contribution >= 4 is 26.5 Å². The molecule has 152 valence electrons. The molecular weight excluding hydrogens is 406 g/mol. The molecule has 6 nitrogen and oxygen atoms in total. The lowest BCUT2D eigenvalue weighted by molar-refractivity contribution is 0.384. The average molecular weight is 430 g/mol. The van der Waals surface area contributed by atoms with E-state index in [9.17, 15) is 8.42 Å². The molecule has 0 radical (unpaired) electrons. The van der Waals surface area contributed by atoms with Crippen LogP contribution in [0, 0.1) is 6.92 Å². The number of ether oxygens (including phenoxy) is 1. The molecule has 29 heavy (non-hydrogen) atoms. The summed E-state index contributed by atoms with van der Waals surface area (Å²) in [4.78, 5) is 7.22. The Morgan fingerprint density at radius 1 is 1.03 bits per heavy atom. The highest BCUT2D eigenvalue weighted by Gasteiger charge is 2.29. The van der Waals surface area contributed by atoms with Crippen LogP contribution in [0.1, 0.15) is 5.56 Å². The molecule has 8 heteroatoms. The Morgan fingerprint density at radius 2 is 1.76 bits per heavy atom. The van der Waals surface area contributed by atoms with Gasteiger partial charge in [-0.05, 0) is 37.3 Å². The van der Waals surface area contributed by atoms with Crippen molar-refractivity contribution in [3.8, 4) is 17.0 Å². The second-order valence-corrected chi connectivity index (χ2v) is 9.73. The zero-order valence-corrected chi connectivity index (χ0v) is 18.0. The van der Waals surface area contributed by atoms with Crippen molar-refractivity contribution in [3.63, 3.8) is 0 Å². The number of rotatable bonds is 5. The van der Waals surface area contributed by atoms with Crippen molar-refractivity contribution < 1.29 is 13.2 Å². The molecule has 3 aromatic rings. The Morgan fingerprint density at radius 3 is 2.41 bits per heavy atom. The van der Waals surface area contributed by atoms with E-state index in [2.05, 4.69) is 35.4 Å². The van der Waals surface area contributed by atoms with Crippen LogP contribution in [-0.4, -0.2) is 51.0 Å². The Kier molecular flexibility index (Phi) is 5.58. The minimum Gasteiger partial charge on any atom is -0.497 e. The number of nitrogens with zero attached hydrogens (tertiary/aromatic N) is 3. The second-order valence-electron chi connectivity index (χ2n) is 6.95. The fraction of sp³-hybridized carbons (Fsp3) is 0.286. The number of benzene rings is 2. The molecule has 0 atom stereocenters. The second kappa shape index (κ2) is 8.14. The van der Waals surface area contributed by atoms with Crippen molar-refractivity contribution in [1.82, 2.24) is 9.29 Å². The molecule has 2 heterocycles. The van der Waals surface area contributed by atoms with E-state index >= 15 is 0 Å². The van der Waals surface area contributed by atoms with E-state index in [1.807, 2.05) is 6.07 Å². The Labute approximate surface area is 175 Å². The minimum absolute atomic E-state index is 0.294. The number of aryl methyl sites for hydroxylation is 1. The van der Waals surface area contributed by atoms with E-state index in [-0.39, 0.29) is 0 Å². The van der Waals surface area contributed by atoms with E-state index in [4.69, 9.17) is 9.72 Å². The molecular formula is C21H23N3O3S2. The largest absolute Gasteiger partial charge is 0.497 e. The number of hydrogen-bond donors (Lipinski definition) is 0. The van der Waals surface area contributed by atoms with Crippen molar-refractivity contribution in [1.29, 1.82) is 0 Å². The zero-order chi connectivity index (χ0) is 20.4. The summed E-state index contributed by atoms with van der Waals surface area (Å²) in [6, 6.07) is 14.8. The van der Waals surface area contributed by atoms with Gasteiger partial charge in [-0.1, -0.05) is 23.8 Å². The lowest BCUT2D eigenvalue weighted by Crippen LogP contribution is -2.48. The summed E-state index contributed by atoms with van der Waals surface area (Å²) < 4.78 is 32.5. The molecule has 2 aromatic carbocycles. The predicted molar refractivity (Wildman–Crippen MR) is 116 cm³/mol. The Balaban J connectivity index is 1.44. The van der Waals surface area contributed by atoms with Gasteiger partial charge in [0.05, 0.1) is 17.7 Å². The molecule has 0 unspecified atom stereocenters. The topological polar surface area (TPSA) is 62.7 Å². The maximum atomic E-state index is 12.9. The van der Waals surface area contributed by atoms with Gasteiger partial charge in [0.2, 0.25) is 10.0 Å². The first kappa shape index (κ1) is 19.9. The van der Waals surface area contributed by atoms with Gasteiger partial charge in [0.1, 0.15) is 5.75 Å². The molecule has 0 aliphatic carbocycles. The Hall–Kier alpha value is -2.42. The average Bonchev–Trinajstić information content (AvgIpc) is 3.24. The molecule has 1 fully saturated rings. The maximum Gasteiger partial charge on any atom is 0.243 e. The third kappa shape index (κ3) is 4.14.